The topological polar surface area (TPSA) is 56.1 Å². The van der Waals surface area contributed by atoms with E-state index in [2.05, 4.69) is 10.4 Å². The van der Waals surface area contributed by atoms with Crippen molar-refractivity contribution in [1.29, 1.82) is 0 Å². The van der Waals surface area contributed by atoms with Gasteiger partial charge in [-0.1, -0.05) is 41.9 Å². The Morgan fingerprint density at radius 3 is 2.83 bits per heavy atom. The van der Waals surface area contributed by atoms with Gasteiger partial charge < -0.3 is 10.1 Å². The first-order valence-electron chi connectivity index (χ1n) is 9.84. The lowest BCUT2D eigenvalue weighted by atomic mass is 9.92. The zero-order chi connectivity index (χ0) is 20.2. The molecule has 0 saturated heterocycles. The van der Waals surface area contributed by atoms with Gasteiger partial charge in [-0.15, -0.1) is 0 Å². The number of amides is 1. The number of ether oxygens (including phenoxy) is 1. The summed E-state index contributed by atoms with van der Waals surface area (Å²) in [5, 5.41) is 8.52. The zero-order valence-electron chi connectivity index (χ0n) is 16.4. The number of para-hydroxylation sites is 1. The third kappa shape index (κ3) is 4.46. The number of methoxy groups -OCH3 is 1. The fourth-order valence-electron chi connectivity index (χ4n) is 3.94. The Kier molecular flexibility index (Phi) is 5.86. The Hall–Kier alpha value is -2.79. The van der Waals surface area contributed by atoms with Crippen LogP contribution in [0.3, 0.4) is 0 Å². The van der Waals surface area contributed by atoms with Crippen molar-refractivity contribution in [3.8, 4) is 5.75 Å². The van der Waals surface area contributed by atoms with Crippen molar-refractivity contribution in [3.63, 3.8) is 0 Å². The summed E-state index contributed by atoms with van der Waals surface area (Å²) in [6, 6.07) is 15.5. The molecule has 1 aliphatic carbocycles. The molecule has 0 radical (unpaired) electrons. The molecule has 4 rings (SSSR count). The molecule has 0 unspecified atom stereocenters. The molecule has 1 aliphatic rings. The van der Waals surface area contributed by atoms with E-state index in [0.29, 0.717) is 13.0 Å². The van der Waals surface area contributed by atoms with E-state index in [1.165, 1.54) is 5.69 Å². The third-order valence-corrected chi connectivity index (χ3v) is 5.64. The number of nitrogens with zero attached hydrogens (tertiary/aromatic N) is 2. The predicted octanol–water partition coefficient (Wildman–Crippen LogP) is 4.33. The summed E-state index contributed by atoms with van der Waals surface area (Å²) >= 11 is 5.98. The maximum Gasteiger partial charge on any atom is 0.225 e. The minimum Gasteiger partial charge on any atom is -0.496 e. The second-order valence-electron chi connectivity index (χ2n) is 7.33. The van der Waals surface area contributed by atoms with Crippen molar-refractivity contribution < 1.29 is 9.53 Å². The van der Waals surface area contributed by atoms with Gasteiger partial charge in [0.1, 0.15) is 5.75 Å². The summed E-state index contributed by atoms with van der Waals surface area (Å²) in [6.07, 6.45) is 5.13. The molecule has 150 valence electrons. The smallest absolute Gasteiger partial charge is 0.225 e. The molecular weight excluding hydrogens is 386 g/mol. The molecule has 1 N–H and O–H groups in total. The highest BCUT2D eigenvalue weighted by atomic mass is 35.5. The molecule has 0 saturated carbocycles. The number of carbonyl (C=O) groups is 1. The molecule has 0 aliphatic heterocycles. The lowest BCUT2D eigenvalue weighted by molar-refractivity contribution is -0.121. The Morgan fingerprint density at radius 1 is 1.24 bits per heavy atom. The number of rotatable bonds is 6. The van der Waals surface area contributed by atoms with E-state index in [1.807, 2.05) is 59.4 Å². The number of carbonyl (C=O) groups excluding carboxylic acids is 1. The first kappa shape index (κ1) is 19.5. The van der Waals surface area contributed by atoms with Crippen LogP contribution in [0, 0.1) is 0 Å². The average Bonchev–Trinajstić information content (AvgIpc) is 3.14. The summed E-state index contributed by atoms with van der Waals surface area (Å²) in [5.74, 6) is 0.737. The van der Waals surface area contributed by atoms with Gasteiger partial charge in [-0.25, -0.2) is 0 Å². The number of hydrogen-bond donors (Lipinski definition) is 1. The molecule has 1 atom stereocenters. The van der Waals surface area contributed by atoms with E-state index in [9.17, 15) is 4.79 Å². The molecule has 29 heavy (non-hydrogen) atoms. The summed E-state index contributed by atoms with van der Waals surface area (Å²) < 4.78 is 7.40. The van der Waals surface area contributed by atoms with E-state index in [0.717, 1.165) is 46.7 Å². The number of nitrogens with one attached hydrogen (secondary N) is 1. The van der Waals surface area contributed by atoms with Gasteiger partial charge in [0.15, 0.2) is 0 Å². The number of fused-ring (bicyclic) bond motifs is 1. The SMILES string of the molecule is COc1ccccc1CC(=O)N[C@@H]1CCCc2c1cnn2Cc1ccc(Cl)cc1. The van der Waals surface area contributed by atoms with Gasteiger partial charge in [0.05, 0.1) is 32.3 Å². The van der Waals surface area contributed by atoms with E-state index in [4.69, 9.17) is 16.3 Å². The molecule has 0 bridgehead atoms. The monoisotopic (exact) mass is 409 g/mol. The predicted molar refractivity (Wildman–Crippen MR) is 113 cm³/mol. The fourth-order valence-corrected chi connectivity index (χ4v) is 4.06. The van der Waals surface area contributed by atoms with Gasteiger partial charge in [0.2, 0.25) is 5.91 Å². The second-order valence-corrected chi connectivity index (χ2v) is 7.77. The van der Waals surface area contributed by atoms with Crippen LogP contribution < -0.4 is 10.1 Å². The first-order valence-corrected chi connectivity index (χ1v) is 10.2. The summed E-state index contributed by atoms with van der Waals surface area (Å²) in [7, 11) is 1.62. The van der Waals surface area contributed by atoms with Crippen LogP contribution in [0.5, 0.6) is 5.75 Å². The molecule has 1 amide bonds. The third-order valence-electron chi connectivity index (χ3n) is 5.39. The van der Waals surface area contributed by atoms with Crippen molar-refractivity contribution in [2.75, 3.05) is 7.11 Å². The van der Waals surface area contributed by atoms with Crippen LogP contribution in [0.25, 0.3) is 0 Å². The highest BCUT2D eigenvalue weighted by molar-refractivity contribution is 6.30. The first-order chi connectivity index (χ1) is 14.1. The van der Waals surface area contributed by atoms with Crippen LogP contribution in [0.1, 0.15) is 41.3 Å². The van der Waals surface area contributed by atoms with Crippen molar-refractivity contribution in [3.05, 3.63) is 82.1 Å². The normalized spacial score (nSPS) is 15.6. The van der Waals surface area contributed by atoms with Gasteiger partial charge in [0.25, 0.3) is 0 Å². The molecule has 5 nitrogen and oxygen atoms in total. The van der Waals surface area contributed by atoms with Crippen LogP contribution >= 0.6 is 11.6 Å². The molecule has 3 aromatic rings. The number of hydrogen-bond acceptors (Lipinski definition) is 3. The quantitative estimate of drug-likeness (QED) is 0.659. The van der Waals surface area contributed by atoms with Crippen LogP contribution in [0.4, 0.5) is 0 Å². The molecule has 0 spiro atoms. The van der Waals surface area contributed by atoms with Gasteiger partial charge in [-0.05, 0) is 43.0 Å². The van der Waals surface area contributed by atoms with Crippen LogP contribution in [0.2, 0.25) is 5.02 Å². The van der Waals surface area contributed by atoms with E-state index in [-0.39, 0.29) is 11.9 Å². The summed E-state index contributed by atoms with van der Waals surface area (Å²) in [6.45, 7) is 0.703. The highest BCUT2D eigenvalue weighted by Crippen LogP contribution is 2.30. The maximum atomic E-state index is 12.7. The number of aromatic nitrogens is 2. The van der Waals surface area contributed by atoms with E-state index in [1.54, 1.807) is 7.11 Å². The van der Waals surface area contributed by atoms with Gasteiger partial charge in [0, 0.05) is 21.8 Å². The zero-order valence-corrected chi connectivity index (χ0v) is 17.2. The minimum absolute atomic E-state index is 0.0000695. The fraction of sp³-hybridized carbons (Fsp3) is 0.304. The summed E-state index contributed by atoms with van der Waals surface area (Å²) in [5.41, 5.74) is 4.37. The molecule has 6 heteroatoms. The Morgan fingerprint density at radius 2 is 2.03 bits per heavy atom. The standard InChI is InChI=1S/C23H24ClN3O2/c1-29-22-8-3-2-5-17(22)13-23(28)26-20-6-4-7-21-19(20)14-25-27(21)15-16-9-11-18(24)12-10-16/h2-3,5,8-12,14,20H,4,6-7,13,15H2,1H3,(H,26,28)/t20-/m1/s1. The largest absolute Gasteiger partial charge is 0.496 e. The second kappa shape index (κ2) is 8.70. The van der Waals surface area contributed by atoms with Crippen molar-refractivity contribution in [2.45, 2.75) is 38.3 Å². The van der Waals surface area contributed by atoms with Crippen LogP contribution in [-0.2, 0) is 24.2 Å². The van der Waals surface area contributed by atoms with E-state index < -0.39 is 0 Å². The average molecular weight is 410 g/mol. The molecule has 2 aromatic carbocycles. The van der Waals surface area contributed by atoms with Crippen molar-refractivity contribution in [2.24, 2.45) is 0 Å². The minimum atomic E-state index is -0.00204. The lowest BCUT2D eigenvalue weighted by Crippen LogP contribution is -2.32. The van der Waals surface area contributed by atoms with Gasteiger partial charge in [-0.2, -0.15) is 5.10 Å². The number of halogens is 1. The summed E-state index contributed by atoms with van der Waals surface area (Å²) in [4.78, 5) is 12.7. The number of benzene rings is 2. The van der Waals surface area contributed by atoms with Gasteiger partial charge in [-0.3, -0.25) is 9.48 Å². The Balaban J connectivity index is 1.46. The van der Waals surface area contributed by atoms with Crippen LogP contribution in [-0.4, -0.2) is 22.8 Å². The lowest BCUT2D eigenvalue weighted by Gasteiger charge is -2.24. The molecular formula is C23H24ClN3O2. The van der Waals surface area contributed by atoms with Crippen molar-refractivity contribution in [1.82, 2.24) is 15.1 Å². The van der Waals surface area contributed by atoms with Gasteiger partial charge >= 0.3 is 0 Å². The molecule has 0 fully saturated rings. The molecule has 1 heterocycles. The van der Waals surface area contributed by atoms with Crippen molar-refractivity contribution >= 4 is 17.5 Å². The molecule has 1 aromatic heterocycles. The Bertz CT molecular complexity index is 998. The highest BCUT2D eigenvalue weighted by Gasteiger charge is 2.25. The van der Waals surface area contributed by atoms with Crippen LogP contribution in [0.15, 0.2) is 54.7 Å². The maximum absolute atomic E-state index is 12.7. The Labute approximate surface area is 175 Å². The van der Waals surface area contributed by atoms with E-state index >= 15 is 0 Å².